The molecule has 9 nitrogen and oxygen atoms in total. The van der Waals surface area contributed by atoms with Gasteiger partial charge in [0.15, 0.2) is 5.82 Å². The first-order valence-electron chi connectivity index (χ1n) is 14.2. The second kappa shape index (κ2) is 14.1. The van der Waals surface area contributed by atoms with Gasteiger partial charge in [0.1, 0.15) is 11.5 Å². The Morgan fingerprint density at radius 3 is 2.52 bits per heavy atom. The Morgan fingerprint density at radius 1 is 0.952 bits per heavy atom. The molecule has 0 amide bonds. The van der Waals surface area contributed by atoms with Crippen LogP contribution in [0.25, 0.3) is 23.1 Å². The van der Waals surface area contributed by atoms with Crippen molar-refractivity contribution in [3.63, 3.8) is 0 Å². The normalized spacial score (nSPS) is 11.4. The number of aromatic amines is 1. The molecule has 0 saturated heterocycles. The van der Waals surface area contributed by atoms with Crippen LogP contribution in [-0.4, -0.2) is 49.5 Å². The van der Waals surface area contributed by atoms with Crippen molar-refractivity contribution in [3.05, 3.63) is 101 Å². The first-order chi connectivity index (χ1) is 20.6. The maximum atomic E-state index is 11.1. The minimum atomic E-state index is -0.789. The van der Waals surface area contributed by atoms with Gasteiger partial charge in [-0.25, -0.2) is 5.10 Å². The number of carbonyl (C=O) groups is 1. The number of hydrogen-bond donors (Lipinski definition) is 2. The number of tetrazole rings is 1. The largest absolute Gasteiger partial charge is 0.494 e. The highest BCUT2D eigenvalue weighted by Gasteiger charge is 2.14. The number of carboxylic acids is 1. The lowest BCUT2D eigenvalue weighted by Crippen LogP contribution is -2.03. The van der Waals surface area contributed by atoms with Crippen LogP contribution < -0.4 is 9.47 Å². The number of para-hydroxylation sites is 1. The van der Waals surface area contributed by atoms with Crippen molar-refractivity contribution in [3.8, 4) is 11.5 Å². The van der Waals surface area contributed by atoms with Crippen LogP contribution >= 0.6 is 0 Å². The molecular weight excluding hydrogens is 530 g/mol. The summed E-state index contributed by atoms with van der Waals surface area (Å²) in [6.45, 7) is 3.98. The number of benzene rings is 3. The third-order valence-electron chi connectivity index (χ3n) is 7.05. The molecule has 0 spiro atoms. The average molecular weight is 566 g/mol. The van der Waals surface area contributed by atoms with Crippen molar-refractivity contribution < 1.29 is 19.4 Å². The molecule has 0 bridgehead atoms. The van der Waals surface area contributed by atoms with E-state index in [0.717, 1.165) is 57.5 Å². The van der Waals surface area contributed by atoms with Crippen molar-refractivity contribution in [1.29, 1.82) is 0 Å². The summed E-state index contributed by atoms with van der Waals surface area (Å²) >= 11 is 0. The Labute approximate surface area is 244 Å². The number of ether oxygens (including phenoxy) is 2. The summed E-state index contributed by atoms with van der Waals surface area (Å²) in [5, 5.41) is 24.5. The van der Waals surface area contributed by atoms with Crippen LogP contribution in [0, 0.1) is 6.92 Å². The van der Waals surface area contributed by atoms with Gasteiger partial charge in [-0.15, -0.1) is 5.10 Å². The van der Waals surface area contributed by atoms with Crippen molar-refractivity contribution >= 4 is 29.0 Å². The first kappa shape index (κ1) is 28.6. The van der Waals surface area contributed by atoms with E-state index in [2.05, 4.69) is 68.7 Å². The maximum Gasteiger partial charge on any atom is 0.303 e. The van der Waals surface area contributed by atoms with Gasteiger partial charge in [0.05, 0.1) is 13.2 Å². The number of rotatable bonds is 15. The predicted octanol–water partition coefficient (Wildman–Crippen LogP) is 6.33. The molecule has 216 valence electrons. The Morgan fingerprint density at radius 2 is 1.76 bits per heavy atom. The minimum absolute atomic E-state index is 0.128. The van der Waals surface area contributed by atoms with Crippen molar-refractivity contribution in [2.24, 2.45) is 0 Å². The van der Waals surface area contributed by atoms with Gasteiger partial charge in [-0.05, 0) is 83.1 Å². The van der Waals surface area contributed by atoms with Gasteiger partial charge in [-0.2, -0.15) is 0 Å². The molecule has 0 aliphatic rings. The molecular formula is C33H35N5O4. The highest BCUT2D eigenvalue weighted by Crippen LogP contribution is 2.29. The summed E-state index contributed by atoms with van der Waals surface area (Å²) in [5.41, 5.74) is 5.41. The van der Waals surface area contributed by atoms with E-state index in [9.17, 15) is 4.79 Å². The zero-order chi connectivity index (χ0) is 29.1. The maximum absolute atomic E-state index is 11.1. The monoisotopic (exact) mass is 565 g/mol. The zero-order valence-corrected chi connectivity index (χ0v) is 23.7. The fourth-order valence-corrected chi connectivity index (χ4v) is 4.92. The van der Waals surface area contributed by atoms with Gasteiger partial charge < -0.3 is 19.1 Å². The molecule has 2 heterocycles. The van der Waals surface area contributed by atoms with Gasteiger partial charge in [0, 0.05) is 36.5 Å². The van der Waals surface area contributed by atoms with Crippen molar-refractivity contribution in [1.82, 2.24) is 25.2 Å². The molecule has 0 aliphatic heterocycles. The topological polar surface area (TPSA) is 115 Å². The summed E-state index contributed by atoms with van der Waals surface area (Å²) in [5.74, 6) is 1.67. The van der Waals surface area contributed by atoms with E-state index in [1.807, 2.05) is 48.5 Å². The second-order valence-electron chi connectivity index (χ2n) is 10.2. The second-order valence-corrected chi connectivity index (χ2v) is 10.2. The molecule has 42 heavy (non-hydrogen) atoms. The SMILES string of the molecule is Cc1ccccc1OCCCCOc1ccc(/C=C/c2cccc3c2c(Cc2nnn[nH]2)cn3CCCC(=O)O)cc1. The van der Waals surface area contributed by atoms with E-state index in [1.54, 1.807) is 0 Å². The van der Waals surface area contributed by atoms with Gasteiger partial charge in [0.2, 0.25) is 0 Å². The number of hydrogen-bond acceptors (Lipinski definition) is 6. The quantitative estimate of drug-likeness (QED) is 0.113. The van der Waals surface area contributed by atoms with Gasteiger partial charge >= 0.3 is 5.97 Å². The number of carboxylic acid groups (broad SMARTS) is 1. The zero-order valence-electron chi connectivity index (χ0n) is 23.7. The van der Waals surface area contributed by atoms with Crippen LogP contribution in [-0.2, 0) is 17.8 Å². The lowest BCUT2D eigenvalue weighted by Gasteiger charge is -2.09. The number of H-pyrrole nitrogens is 1. The molecule has 2 N–H and O–H groups in total. The summed E-state index contributed by atoms with van der Waals surface area (Å²) < 4.78 is 13.9. The van der Waals surface area contributed by atoms with E-state index in [1.165, 1.54) is 0 Å². The molecule has 3 aromatic carbocycles. The van der Waals surface area contributed by atoms with Crippen LogP contribution in [0.5, 0.6) is 11.5 Å². The molecule has 5 rings (SSSR count). The number of aryl methyl sites for hydroxylation is 2. The molecule has 0 radical (unpaired) electrons. The summed E-state index contributed by atoms with van der Waals surface area (Å²) in [4.78, 5) is 11.1. The number of aliphatic carboxylic acids is 1. The highest BCUT2D eigenvalue weighted by atomic mass is 16.5. The smallest absolute Gasteiger partial charge is 0.303 e. The molecule has 0 unspecified atom stereocenters. The summed E-state index contributed by atoms with van der Waals surface area (Å²) in [6, 6.07) is 22.3. The summed E-state index contributed by atoms with van der Waals surface area (Å²) in [6.07, 6.45) is 9.34. The number of aromatic nitrogens is 5. The Balaban J connectivity index is 1.20. The van der Waals surface area contributed by atoms with Crippen LogP contribution in [0.2, 0.25) is 0 Å². The summed E-state index contributed by atoms with van der Waals surface area (Å²) in [7, 11) is 0. The van der Waals surface area contributed by atoms with E-state index < -0.39 is 5.97 Å². The Kier molecular flexibility index (Phi) is 9.61. The molecule has 0 saturated carbocycles. The van der Waals surface area contributed by atoms with Gasteiger partial charge in [0.25, 0.3) is 0 Å². The molecule has 9 heteroatoms. The lowest BCUT2D eigenvalue weighted by molar-refractivity contribution is -0.137. The third kappa shape index (κ3) is 7.63. The van der Waals surface area contributed by atoms with Gasteiger partial charge in [-0.1, -0.05) is 54.6 Å². The number of nitrogens with zero attached hydrogens (tertiary/aromatic N) is 4. The number of nitrogens with one attached hydrogen (secondary N) is 1. The van der Waals surface area contributed by atoms with E-state index in [-0.39, 0.29) is 6.42 Å². The molecule has 0 fully saturated rings. The predicted molar refractivity (Wildman–Crippen MR) is 163 cm³/mol. The molecule has 2 aromatic heterocycles. The van der Waals surface area contributed by atoms with E-state index >= 15 is 0 Å². The molecule has 0 atom stereocenters. The van der Waals surface area contributed by atoms with Gasteiger partial charge in [-0.3, -0.25) is 4.79 Å². The molecule has 5 aromatic rings. The standard InChI is InChI=1S/C33H35N5O4/c1-24-8-2-3-11-30(24)42-21-5-4-20-41-28-17-14-25(15-18-28)13-16-26-9-6-10-29-33(26)27(22-31-34-36-37-35-31)23-38(29)19-7-12-32(39)40/h2-3,6,8-11,13-18,23H,4-5,7,12,19-22H2,1H3,(H,39,40)(H,34,35,36,37)/b16-13+. The van der Waals surface area contributed by atoms with Crippen LogP contribution in [0.4, 0.5) is 0 Å². The average Bonchev–Trinajstić information content (AvgIpc) is 3.63. The number of unbranched alkanes of at least 4 members (excludes halogenated alkanes) is 1. The van der Waals surface area contributed by atoms with Crippen molar-refractivity contribution in [2.75, 3.05) is 13.2 Å². The van der Waals surface area contributed by atoms with Crippen LogP contribution in [0.3, 0.4) is 0 Å². The van der Waals surface area contributed by atoms with Crippen LogP contribution in [0.1, 0.15) is 53.8 Å². The minimum Gasteiger partial charge on any atom is -0.494 e. The van der Waals surface area contributed by atoms with Crippen molar-refractivity contribution in [2.45, 2.75) is 45.6 Å². The fourth-order valence-electron chi connectivity index (χ4n) is 4.92. The van der Waals surface area contributed by atoms with E-state index in [4.69, 9.17) is 14.6 Å². The third-order valence-corrected chi connectivity index (χ3v) is 7.05. The fraction of sp³-hybridized carbons (Fsp3) is 0.273. The lowest BCUT2D eigenvalue weighted by atomic mass is 10.0. The Bertz CT molecular complexity index is 1620. The van der Waals surface area contributed by atoms with Crippen LogP contribution in [0.15, 0.2) is 72.9 Å². The molecule has 0 aliphatic carbocycles. The highest BCUT2D eigenvalue weighted by molar-refractivity contribution is 5.94. The number of fused-ring (bicyclic) bond motifs is 1. The Hall–Kier alpha value is -4.92. The van der Waals surface area contributed by atoms with E-state index in [0.29, 0.717) is 38.4 Å². The first-order valence-corrected chi connectivity index (χ1v) is 14.2.